The SMILES string of the molecule is C1=CC2Cc3c4c(c5c(c3C2C=C1)Cc1ccccc1-5)Cc1ccccc1-4. The van der Waals surface area contributed by atoms with Crippen LogP contribution in [0.25, 0.3) is 22.3 Å². The van der Waals surface area contributed by atoms with E-state index < -0.39 is 0 Å². The molecule has 0 fully saturated rings. The zero-order valence-corrected chi connectivity index (χ0v) is 15.2. The molecule has 27 heavy (non-hydrogen) atoms. The van der Waals surface area contributed by atoms with E-state index in [1.807, 2.05) is 0 Å². The van der Waals surface area contributed by atoms with Crippen LogP contribution < -0.4 is 0 Å². The first-order valence-corrected chi connectivity index (χ1v) is 10.1. The van der Waals surface area contributed by atoms with Crippen molar-refractivity contribution in [3.8, 4) is 22.3 Å². The number of hydrogen-bond donors (Lipinski definition) is 0. The van der Waals surface area contributed by atoms with E-state index in [-0.39, 0.29) is 0 Å². The van der Waals surface area contributed by atoms with Crippen molar-refractivity contribution < 1.29 is 0 Å². The summed E-state index contributed by atoms with van der Waals surface area (Å²) in [4.78, 5) is 0. The maximum Gasteiger partial charge on any atom is 0.00932 e. The molecule has 128 valence electrons. The lowest BCUT2D eigenvalue weighted by atomic mass is 9.83. The van der Waals surface area contributed by atoms with E-state index in [4.69, 9.17) is 0 Å². The van der Waals surface area contributed by atoms with Crippen LogP contribution >= 0.6 is 0 Å². The molecule has 0 aromatic heterocycles. The Kier molecular flexibility index (Phi) is 2.58. The molecular weight excluding hydrogens is 324 g/mol. The van der Waals surface area contributed by atoms with Gasteiger partial charge in [0.1, 0.15) is 0 Å². The Balaban J connectivity index is 1.62. The predicted octanol–water partition coefficient (Wildman–Crippen LogP) is 6.21. The molecule has 0 saturated heterocycles. The standard InChI is InChI=1S/C27H20/c1-4-10-19-16(7-1)13-22-25(19)23-14-17-8-3-6-12-21(17)27(23)24-15-18-9-2-5-11-20(18)26(22)24/h1-12,16,19H,13-15H2. The summed E-state index contributed by atoms with van der Waals surface area (Å²) in [5.41, 5.74) is 15.7. The van der Waals surface area contributed by atoms with Crippen LogP contribution in [0.4, 0.5) is 0 Å². The number of allylic oxidation sites excluding steroid dienone is 4. The Morgan fingerprint density at radius 2 is 1.26 bits per heavy atom. The molecule has 0 heterocycles. The third-order valence-electron chi connectivity index (χ3n) is 7.19. The van der Waals surface area contributed by atoms with Gasteiger partial charge in [-0.15, -0.1) is 0 Å². The minimum Gasteiger partial charge on any atom is -0.0802 e. The predicted molar refractivity (Wildman–Crippen MR) is 111 cm³/mol. The summed E-state index contributed by atoms with van der Waals surface area (Å²) in [6.07, 6.45) is 12.8. The van der Waals surface area contributed by atoms with Crippen LogP contribution in [0.1, 0.15) is 39.3 Å². The lowest BCUT2D eigenvalue weighted by Gasteiger charge is -2.20. The van der Waals surface area contributed by atoms with Gasteiger partial charge in [0.15, 0.2) is 0 Å². The summed E-state index contributed by atoms with van der Waals surface area (Å²) >= 11 is 0. The highest BCUT2D eigenvalue weighted by atomic mass is 14.4. The molecule has 0 saturated carbocycles. The Labute approximate surface area is 159 Å². The van der Waals surface area contributed by atoms with Gasteiger partial charge in [-0.25, -0.2) is 0 Å². The molecule has 2 unspecified atom stereocenters. The summed E-state index contributed by atoms with van der Waals surface area (Å²) < 4.78 is 0. The van der Waals surface area contributed by atoms with Gasteiger partial charge >= 0.3 is 0 Å². The Bertz CT molecular complexity index is 1200. The van der Waals surface area contributed by atoms with Gasteiger partial charge in [0, 0.05) is 5.92 Å². The van der Waals surface area contributed by atoms with Crippen molar-refractivity contribution in [3.05, 3.63) is 106 Å². The first-order valence-electron chi connectivity index (χ1n) is 10.1. The summed E-state index contributed by atoms with van der Waals surface area (Å²) in [7, 11) is 0. The van der Waals surface area contributed by atoms with Crippen LogP contribution in [0, 0.1) is 5.92 Å². The van der Waals surface area contributed by atoms with Crippen LogP contribution in [0.15, 0.2) is 72.8 Å². The summed E-state index contributed by atoms with van der Waals surface area (Å²) in [5.74, 6) is 1.20. The number of benzene rings is 3. The monoisotopic (exact) mass is 344 g/mol. The molecule has 4 aliphatic carbocycles. The van der Waals surface area contributed by atoms with E-state index in [2.05, 4.69) is 72.8 Å². The van der Waals surface area contributed by atoms with Gasteiger partial charge in [-0.2, -0.15) is 0 Å². The number of rotatable bonds is 0. The maximum absolute atomic E-state index is 2.45. The van der Waals surface area contributed by atoms with Gasteiger partial charge in [-0.1, -0.05) is 72.8 Å². The van der Waals surface area contributed by atoms with Gasteiger partial charge in [0.2, 0.25) is 0 Å². The molecule has 3 aromatic rings. The van der Waals surface area contributed by atoms with Crippen LogP contribution in [0.5, 0.6) is 0 Å². The Hall–Kier alpha value is -2.86. The summed E-state index contributed by atoms with van der Waals surface area (Å²) in [6, 6.07) is 18.2. The molecule has 0 radical (unpaired) electrons. The number of hydrogen-bond acceptors (Lipinski definition) is 0. The minimum absolute atomic E-state index is 0.561. The van der Waals surface area contributed by atoms with Crippen molar-refractivity contribution >= 4 is 0 Å². The lowest BCUT2D eigenvalue weighted by Crippen LogP contribution is -2.06. The van der Waals surface area contributed by atoms with Gasteiger partial charge in [-0.05, 0) is 80.8 Å². The average molecular weight is 344 g/mol. The molecule has 0 bridgehead atoms. The third-order valence-corrected chi connectivity index (χ3v) is 7.19. The van der Waals surface area contributed by atoms with Gasteiger partial charge in [-0.3, -0.25) is 0 Å². The Morgan fingerprint density at radius 3 is 2.04 bits per heavy atom. The zero-order chi connectivity index (χ0) is 17.5. The van der Waals surface area contributed by atoms with Gasteiger partial charge < -0.3 is 0 Å². The fourth-order valence-corrected chi connectivity index (χ4v) is 6.18. The molecule has 0 amide bonds. The molecule has 0 aliphatic heterocycles. The molecule has 0 nitrogen and oxygen atoms in total. The van der Waals surface area contributed by atoms with Gasteiger partial charge in [0.25, 0.3) is 0 Å². The van der Waals surface area contributed by atoms with E-state index in [0.717, 1.165) is 12.8 Å². The molecule has 0 N–H and O–H groups in total. The first-order chi connectivity index (χ1) is 13.4. The van der Waals surface area contributed by atoms with Crippen LogP contribution in [0.2, 0.25) is 0 Å². The average Bonchev–Trinajstić information content (AvgIpc) is 3.38. The van der Waals surface area contributed by atoms with E-state index in [1.165, 1.54) is 28.7 Å². The van der Waals surface area contributed by atoms with E-state index >= 15 is 0 Å². The molecule has 0 heteroatoms. The quantitative estimate of drug-likeness (QED) is 0.313. The number of fused-ring (bicyclic) bond motifs is 12. The molecular formula is C27H20. The molecule has 0 spiro atoms. The van der Waals surface area contributed by atoms with E-state index in [0.29, 0.717) is 11.8 Å². The Morgan fingerprint density at radius 1 is 0.630 bits per heavy atom. The second-order valence-corrected chi connectivity index (χ2v) is 8.43. The summed E-state index contributed by atoms with van der Waals surface area (Å²) in [5, 5.41) is 0. The smallest absolute Gasteiger partial charge is 0.00932 e. The molecule has 4 aliphatic rings. The fourth-order valence-electron chi connectivity index (χ4n) is 6.18. The third kappa shape index (κ3) is 1.69. The largest absolute Gasteiger partial charge is 0.0802 e. The first kappa shape index (κ1) is 14.2. The second-order valence-electron chi connectivity index (χ2n) is 8.43. The van der Waals surface area contributed by atoms with Crippen LogP contribution in [-0.2, 0) is 19.3 Å². The second kappa shape index (κ2) is 4.89. The molecule has 2 atom stereocenters. The fraction of sp³-hybridized carbons (Fsp3) is 0.185. The maximum atomic E-state index is 2.45. The van der Waals surface area contributed by atoms with Crippen molar-refractivity contribution in [1.82, 2.24) is 0 Å². The van der Waals surface area contributed by atoms with Crippen LogP contribution in [0.3, 0.4) is 0 Å². The van der Waals surface area contributed by atoms with Crippen LogP contribution in [-0.4, -0.2) is 0 Å². The lowest BCUT2D eigenvalue weighted by molar-refractivity contribution is 0.628. The molecule has 7 rings (SSSR count). The topological polar surface area (TPSA) is 0 Å². The highest BCUT2D eigenvalue weighted by molar-refractivity contribution is 5.93. The van der Waals surface area contributed by atoms with Crippen molar-refractivity contribution in [2.24, 2.45) is 5.92 Å². The molecule has 3 aromatic carbocycles. The highest BCUT2D eigenvalue weighted by Gasteiger charge is 2.40. The van der Waals surface area contributed by atoms with E-state index in [9.17, 15) is 0 Å². The minimum atomic E-state index is 0.561. The van der Waals surface area contributed by atoms with Gasteiger partial charge in [0.05, 0.1) is 0 Å². The van der Waals surface area contributed by atoms with Crippen molar-refractivity contribution in [2.45, 2.75) is 25.2 Å². The zero-order valence-electron chi connectivity index (χ0n) is 15.2. The summed E-state index contributed by atoms with van der Waals surface area (Å²) in [6.45, 7) is 0. The van der Waals surface area contributed by atoms with Crippen molar-refractivity contribution in [3.63, 3.8) is 0 Å². The van der Waals surface area contributed by atoms with E-state index in [1.54, 1.807) is 33.4 Å². The van der Waals surface area contributed by atoms with Crippen molar-refractivity contribution in [1.29, 1.82) is 0 Å². The van der Waals surface area contributed by atoms with Crippen molar-refractivity contribution in [2.75, 3.05) is 0 Å². The highest BCUT2D eigenvalue weighted by Crippen LogP contribution is 2.57. The normalized spacial score (nSPS) is 22.1.